The van der Waals surface area contributed by atoms with Crippen LogP contribution in [0.1, 0.15) is 0 Å². The average Bonchev–Trinajstić information content (AvgIpc) is 2.42. The van der Waals surface area contributed by atoms with Crippen LogP contribution in [0, 0.1) is 0 Å². The maximum Gasteiger partial charge on any atom is 0.271 e. The second-order valence-electron chi connectivity index (χ2n) is 3.71. The Morgan fingerprint density at radius 3 is 2.79 bits per heavy atom. The molecule has 0 aliphatic heterocycles. The highest BCUT2D eigenvalue weighted by molar-refractivity contribution is 9.10. The smallest absolute Gasteiger partial charge is 0.271 e. The first-order valence-corrected chi connectivity index (χ1v) is 6.30. The van der Waals surface area contributed by atoms with Gasteiger partial charge < -0.3 is 15.0 Å². The number of pyridine rings is 1. The first-order valence-electron chi connectivity index (χ1n) is 5.51. The summed E-state index contributed by atoms with van der Waals surface area (Å²) in [5.41, 5.74) is -0.188. The van der Waals surface area contributed by atoms with Gasteiger partial charge >= 0.3 is 0 Å². The van der Waals surface area contributed by atoms with Gasteiger partial charge in [0, 0.05) is 10.7 Å². The molecule has 0 fully saturated rings. The zero-order chi connectivity index (χ0) is 13.7. The molecule has 2 aromatic rings. The van der Waals surface area contributed by atoms with Crippen LogP contribution >= 0.6 is 15.9 Å². The lowest BCUT2D eigenvalue weighted by Gasteiger charge is -2.06. The summed E-state index contributed by atoms with van der Waals surface area (Å²) in [4.78, 5) is 25.6. The van der Waals surface area contributed by atoms with E-state index in [1.807, 2.05) is 18.2 Å². The SMILES string of the molecule is O=C(COc1ccccc1)Nc1cc(Br)c[nH]c1=O. The fourth-order valence-corrected chi connectivity index (χ4v) is 1.75. The van der Waals surface area contributed by atoms with E-state index in [2.05, 4.69) is 26.2 Å². The molecule has 1 aromatic heterocycles. The minimum atomic E-state index is -0.396. The number of H-pyrrole nitrogens is 1. The number of rotatable bonds is 4. The van der Waals surface area contributed by atoms with E-state index in [-0.39, 0.29) is 17.9 Å². The molecule has 1 heterocycles. The summed E-state index contributed by atoms with van der Waals surface area (Å²) in [6.07, 6.45) is 1.50. The van der Waals surface area contributed by atoms with Crippen LogP contribution in [0.4, 0.5) is 5.69 Å². The lowest BCUT2D eigenvalue weighted by atomic mass is 10.3. The number of carbonyl (C=O) groups excluding carboxylic acids is 1. The number of hydrogen-bond donors (Lipinski definition) is 2. The summed E-state index contributed by atoms with van der Waals surface area (Å²) in [6.45, 7) is -0.157. The molecule has 5 nitrogen and oxygen atoms in total. The van der Waals surface area contributed by atoms with Gasteiger partial charge in [0.2, 0.25) is 0 Å². The molecule has 6 heteroatoms. The quantitative estimate of drug-likeness (QED) is 0.906. The lowest BCUT2D eigenvalue weighted by Crippen LogP contribution is -2.24. The zero-order valence-corrected chi connectivity index (χ0v) is 11.4. The van der Waals surface area contributed by atoms with Gasteiger partial charge in [-0.2, -0.15) is 0 Å². The number of anilines is 1. The van der Waals surface area contributed by atoms with Crippen molar-refractivity contribution in [2.24, 2.45) is 0 Å². The Kier molecular flexibility index (Phi) is 4.35. The molecule has 1 amide bonds. The number of amides is 1. The van der Waals surface area contributed by atoms with Gasteiger partial charge in [-0.15, -0.1) is 0 Å². The van der Waals surface area contributed by atoms with Crippen molar-refractivity contribution in [1.82, 2.24) is 4.98 Å². The number of nitrogens with one attached hydrogen (secondary N) is 2. The van der Waals surface area contributed by atoms with E-state index in [0.717, 1.165) is 0 Å². The highest BCUT2D eigenvalue weighted by Gasteiger charge is 2.07. The summed E-state index contributed by atoms with van der Waals surface area (Å²) in [6, 6.07) is 10.5. The number of ether oxygens (including phenoxy) is 1. The summed E-state index contributed by atoms with van der Waals surface area (Å²) >= 11 is 3.21. The van der Waals surface area contributed by atoms with Crippen molar-refractivity contribution in [3.63, 3.8) is 0 Å². The number of aromatic nitrogens is 1. The number of aromatic amines is 1. The molecule has 0 spiro atoms. The Hall–Kier alpha value is -2.08. The van der Waals surface area contributed by atoms with E-state index in [1.165, 1.54) is 12.3 Å². The second-order valence-corrected chi connectivity index (χ2v) is 4.63. The minimum absolute atomic E-state index is 0.157. The van der Waals surface area contributed by atoms with Gasteiger partial charge in [0.15, 0.2) is 6.61 Å². The Bertz CT molecular complexity index is 625. The van der Waals surface area contributed by atoms with Crippen molar-refractivity contribution in [2.45, 2.75) is 0 Å². The molecule has 98 valence electrons. The van der Waals surface area contributed by atoms with Crippen molar-refractivity contribution >= 4 is 27.5 Å². The molecule has 0 saturated heterocycles. The molecule has 0 bridgehead atoms. The number of para-hydroxylation sites is 1. The molecule has 1 aromatic carbocycles. The maximum absolute atomic E-state index is 11.6. The Morgan fingerprint density at radius 2 is 2.05 bits per heavy atom. The lowest BCUT2D eigenvalue weighted by molar-refractivity contribution is -0.118. The maximum atomic E-state index is 11.6. The molecule has 0 saturated carbocycles. The van der Waals surface area contributed by atoms with Crippen molar-refractivity contribution in [1.29, 1.82) is 0 Å². The molecule has 0 radical (unpaired) electrons. The summed E-state index contributed by atoms with van der Waals surface area (Å²) < 4.78 is 5.95. The van der Waals surface area contributed by atoms with Crippen molar-refractivity contribution in [2.75, 3.05) is 11.9 Å². The van der Waals surface area contributed by atoms with Gasteiger partial charge in [-0.05, 0) is 34.1 Å². The van der Waals surface area contributed by atoms with E-state index < -0.39 is 5.91 Å². The fraction of sp³-hybridized carbons (Fsp3) is 0.0769. The van der Waals surface area contributed by atoms with Gasteiger partial charge in [0.05, 0.1) is 0 Å². The first-order chi connectivity index (χ1) is 9.15. The van der Waals surface area contributed by atoms with Crippen LogP contribution in [0.2, 0.25) is 0 Å². The Morgan fingerprint density at radius 1 is 1.32 bits per heavy atom. The Balaban J connectivity index is 1.95. The topological polar surface area (TPSA) is 71.2 Å². The third kappa shape index (κ3) is 3.96. The molecular weight excluding hydrogens is 312 g/mol. The third-order valence-corrected chi connectivity index (χ3v) is 2.71. The van der Waals surface area contributed by atoms with E-state index in [1.54, 1.807) is 12.1 Å². The molecule has 0 aliphatic rings. The van der Waals surface area contributed by atoms with Gasteiger partial charge in [-0.25, -0.2) is 0 Å². The Labute approximate surface area is 117 Å². The van der Waals surface area contributed by atoms with Gasteiger partial charge in [0.1, 0.15) is 11.4 Å². The van der Waals surface area contributed by atoms with Crippen LogP contribution in [0.25, 0.3) is 0 Å². The van der Waals surface area contributed by atoms with Gasteiger partial charge in [0.25, 0.3) is 11.5 Å². The third-order valence-electron chi connectivity index (χ3n) is 2.26. The largest absolute Gasteiger partial charge is 0.484 e. The van der Waals surface area contributed by atoms with E-state index in [9.17, 15) is 9.59 Å². The van der Waals surface area contributed by atoms with Crippen molar-refractivity contribution in [3.05, 3.63) is 57.4 Å². The number of benzene rings is 1. The van der Waals surface area contributed by atoms with Crippen molar-refractivity contribution in [3.8, 4) is 5.75 Å². The normalized spacial score (nSPS) is 9.95. The standard InChI is InChI=1S/C13H11BrN2O3/c14-9-6-11(13(18)15-7-9)16-12(17)8-19-10-4-2-1-3-5-10/h1-7H,8H2,(H,15,18)(H,16,17). The van der Waals surface area contributed by atoms with E-state index >= 15 is 0 Å². The zero-order valence-electron chi connectivity index (χ0n) is 9.85. The number of carbonyl (C=O) groups is 1. The summed E-state index contributed by atoms with van der Waals surface area (Å²) in [7, 11) is 0. The molecule has 2 N–H and O–H groups in total. The molecule has 0 unspecified atom stereocenters. The summed E-state index contributed by atoms with van der Waals surface area (Å²) in [5.74, 6) is 0.202. The molecule has 2 rings (SSSR count). The fourth-order valence-electron chi connectivity index (χ4n) is 1.40. The minimum Gasteiger partial charge on any atom is -0.484 e. The molecular formula is C13H11BrN2O3. The van der Waals surface area contributed by atoms with Crippen LogP contribution in [-0.4, -0.2) is 17.5 Å². The molecule has 0 aliphatic carbocycles. The number of hydrogen-bond acceptors (Lipinski definition) is 3. The van der Waals surface area contributed by atoms with Crippen LogP contribution in [0.5, 0.6) is 5.75 Å². The molecule has 19 heavy (non-hydrogen) atoms. The van der Waals surface area contributed by atoms with Gasteiger partial charge in [-0.1, -0.05) is 18.2 Å². The monoisotopic (exact) mass is 322 g/mol. The van der Waals surface area contributed by atoms with Crippen LogP contribution in [-0.2, 0) is 4.79 Å². The highest BCUT2D eigenvalue weighted by Crippen LogP contribution is 2.11. The first kappa shape index (κ1) is 13.4. The average molecular weight is 323 g/mol. The predicted octanol–water partition coefficient (Wildman–Crippen LogP) is 2.15. The second kappa shape index (κ2) is 6.19. The van der Waals surface area contributed by atoms with Crippen LogP contribution < -0.4 is 15.6 Å². The molecule has 0 atom stereocenters. The van der Waals surface area contributed by atoms with E-state index in [0.29, 0.717) is 10.2 Å². The summed E-state index contributed by atoms with van der Waals surface area (Å²) in [5, 5.41) is 2.48. The van der Waals surface area contributed by atoms with Crippen LogP contribution in [0.15, 0.2) is 51.9 Å². The van der Waals surface area contributed by atoms with Crippen LogP contribution in [0.3, 0.4) is 0 Å². The van der Waals surface area contributed by atoms with Gasteiger partial charge in [-0.3, -0.25) is 9.59 Å². The highest BCUT2D eigenvalue weighted by atomic mass is 79.9. The number of halogens is 1. The van der Waals surface area contributed by atoms with Crippen molar-refractivity contribution < 1.29 is 9.53 Å². The predicted molar refractivity (Wildman–Crippen MR) is 75.3 cm³/mol. The van der Waals surface area contributed by atoms with E-state index in [4.69, 9.17) is 4.74 Å².